The fraction of sp³-hybridized carbons (Fsp3) is 0.316. The fourth-order valence-corrected chi connectivity index (χ4v) is 4.68. The van der Waals surface area contributed by atoms with Crippen molar-refractivity contribution in [3.8, 4) is 5.75 Å². The molecule has 1 amide bonds. The number of aromatic nitrogens is 2. The number of ether oxygens (including phenoxy) is 1. The summed E-state index contributed by atoms with van der Waals surface area (Å²) in [5.74, 6) is -0.234. The molecule has 1 N–H and O–H groups in total. The van der Waals surface area contributed by atoms with Crippen LogP contribution in [0.25, 0.3) is 10.2 Å². The van der Waals surface area contributed by atoms with Crippen molar-refractivity contribution < 1.29 is 18.3 Å². The molecular weight excluding hydrogens is 420 g/mol. The number of thioether (sulfide) groups is 1. The summed E-state index contributed by atoms with van der Waals surface area (Å²) in [4.78, 5) is 31.4. The Morgan fingerprint density at radius 2 is 2.00 bits per heavy atom. The van der Waals surface area contributed by atoms with Crippen LogP contribution in [0.2, 0.25) is 0 Å². The average molecular weight is 440 g/mol. The number of carbonyl (C=O) groups excluding carboxylic acids is 1. The number of anilines is 1. The molecule has 2 heterocycles. The second-order valence-electron chi connectivity index (χ2n) is 6.15. The van der Waals surface area contributed by atoms with Crippen LogP contribution in [0.4, 0.5) is 14.5 Å². The third-order valence-electron chi connectivity index (χ3n) is 4.27. The highest BCUT2D eigenvalue weighted by Gasteiger charge is 2.17. The lowest BCUT2D eigenvalue weighted by atomic mass is 10.2. The zero-order valence-corrected chi connectivity index (χ0v) is 17.6. The van der Waals surface area contributed by atoms with Gasteiger partial charge in [0.25, 0.3) is 5.56 Å². The lowest BCUT2D eigenvalue weighted by Crippen LogP contribution is -2.23. The van der Waals surface area contributed by atoms with E-state index >= 15 is 0 Å². The third-order valence-corrected chi connectivity index (χ3v) is 6.34. The number of hydrogen-bond donors (Lipinski definition) is 1. The monoisotopic (exact) mass is 439 g/mol. The smallest absolute Gasteiger partial charge is 0.387 e. The molecule has 0 aliphatic carbocycles. The Bertz CT molecular complexity index is 1090. The van der Waals surface area contributed by atoms with Crippen molar-refractivity contribution in [3.63, 3.8) is 0 Å². The van der Waals surface area contributed by atoms with Gasteiger partial charge >= 0.3 is 6.61 Å². The molecule has 3 rings (SSSR count). The number of rotatable bonds is 7. The number of fused-ring (bicyclic) bond motifs is 1. The third kappa shape index (κ3) is 4.76. The zero-order chi connectivity index (χ0) is 21.1. The average Bonchev–Trinajstić information content (AvgIpc) is 2.95. The summed E-state index contributed by atoms with van der Waals surface area (Å²) in [5, 5.41) is 3.80. The number of alkyl halides is 2. The van der Waals surface area contributed by atoms with E-state index < -0.39 is 6.61 Å². The quantitative estimate of drug-likeness (QED) is 0.436. The molecule has 0 saturated carbocycles. The molecule has 3 aromatic rings. The lowest BCUT2D eigenvalue weighted by Gasteiger charge is -2.10. The van der Waals surface area contributed by atoms with Crippen LogP contribution in [-0.2, 0) is 11.3 Å². The number of halogens is 2. The largest absolute Gasteiger partial charge is 0.435 e. The highest BCUT2D eigenvalue weighted by molar-refractivity contribution is 7.99. The first-order valence-corrected chi connectivity index (χ1v) is 10.6. The topological polar surface area (TPSA) is 73.2 Å². The Balaban J connectivity index is 1.71. The number of amides is 1. The Kier molecular flexibility index (Phi) is 6.53. The van der Waals surface area contributed by atoms with Gasteiger partial charge in [-0.3, -0.25) is 14.2 Å². The van der Waals surface area contributed by atoms with Crippen molar-refractivity contribution in [3.05, 3.63) is 45.1 Å². The van der Waals surface area contributed by atoms with Crippen molar-refractivity contribution in [2.24, 2.45) is 0 Å². The van der Waals surface area contributed by atoms with E-state index in [1.165, 1.54) is 47.4 Å². The van der Waals surface area contributed by atoms with Gasteiger partial charge in [-0.15, -0.1) is 11.3 Å². The molecule has 0 saturated heterocycles. The van der Waals surface area contributed by atoms with Crippen molar-refractivity contribution in [1.29, 1.82) is 0 Å². The maximum absolute atomic E-state index is 12.8. The molecule has 29 heavy (non-hydrogen) atoms. The van der Waals surface area contributed by atoms with E-state index in [2.05, 4.69) is 15.0 Å². The van der Waals surface area contributed by atoms with E-state index in [-0.39, 0.29) is 23.0 Å². The van der Waals surface area contributed by atoms with Gasteiger partial charge in [-0.05, 0) is 50.6 Å². The SMILES string of the molecule is CCn1c(SCC(=O)Nc2ccc(OC(F)F)cc2)nc2sc(C)c(C)c2c1=O. The first-order valence-electron chi connectivity index (χ1n) is 8.78. The maximum atomic E-state index is 12.8. The van der Waals surface area contributed by atoms with Crippen LogP contribution in [0.3, 0.4) is 0 Å². The predicted molar refractivity (Wildman–Crippen MR) is 111 cm³/mol. The van der Waals surface area contributed by atoms with E-state index in [0.717, 1.165) is 10.4 Å². The number of hydrogen-bond acceptors (Lipinski definition) is 6. The van der Waals surface area contributed by atoms with Crippen LogP contribution >= 0.6 is 23.1 Å². The second kappa shape index (κ2) is 8.91. The van der Waals surface area contributed by atoms with Gasteiger partial charge in [-0.1, -0.05) is 11.8 Å². The van der Waals surface area contributed by atoms with Crippen LogP contribution in [0, 0.1) is 13.8 Å². The van der Waals surface area contributed by atoms with E-state index in [1.807, 2.05) is 20.8 Å². The van der Waals surface area contributed by atoms with Crippen molar-refractivity contribution >= 4 is 44.9 Å². The van der Waals surface area contributed by atoms with Gasteiger partial charge in [-0.2, -0.15) is 8.78 Å². The number of benzene rings is 1. The zero-order valence-electron chi connectivity index (χ0n) is 16.0. The molecule has 6 nitrogen and oxygen atoms in total. The van der Waals surface area contributed by atoms with Crippen LogP contribution in [0.15, 0.2) is 34.2 Å². The molecule has 0 aliphatic heterocycles. The number of carbonyl (C=O) groups is 1. The summed E-state index contributed by atoms with van der Waals surface area (Å²) in [7, 11) is 0. The molecule has 10 heteroatoms. The Morgan fingerprint density at radius 1 is 1.31 bits per heavy atom. The highest BCUT2D eigenvalue weighted by atomic mass is 32.2. The van der Waals surface area contributed by atoms with Crippen LogP contribution in [-0.4, -0.2) is 27.8 Å². The molecular formula is C19H19F2N3O3S2. The summed E-state index contributed by atoms with van der Waals surface area (Å²) < 4.78 is 30.2. The van der Waals surface area contributed by atoms with Crippen molar-refractivity contribution in [1.82, 2.24) is 9.55 Å². The van der Waals surface area contributed by atoms with Crippen molar-refractivity contribution in [2.75, 3.05) is 11.1 Å². The number of thiophene rings is 1. The van der Waals surface area contributed by atoms with Crippen molar-refractivity contribution in [2.45, 2.75) is 39.1 Å². The second-order valence-corrected chi connectivity index (χ2v) is 8.29. The minimum Gasteiger partial charge on any atom is -0.435 e. The molecule has 0 spiro atoms. The number of nitrogens with zero attached hydrogens (tertiary/aromatic N) is 2. The van der Waals surface area contributed by atoms with Gasteiger partial charge in [0, 0.05) is 17.1 Å². The Labute approximate surface area is 173 Å². The number of aryl methyl sites for hydroxylation is 2. The molecule has 1 aromatic carbocycles. The number of nitrogens with one attached hydrogen (secondary N) is 1. The molecule has 0 fully saturated rings. The van der Waals surface area contributed by atoms with Gasteiger partial charge in [0.05, 0.1) is 11.1 Å². The molecule has 0 atom stereocenters. The van der Waals surface area contributed by atoms with Gasteiger partial charge in [-0.25, -0.2) is 4.98 Å². The van der Waals surface area contributed by atoms with Gasteiger partial charge in [0.15, 0.2) is 5.16 Å². The maximum Gasteiger partial charge on any atom is 0.387 e. The molecule has 0 aliphatic rings. The van der Waals surface area contributed by atoms with E-state index in [1.54, 1.807) is 4.57 Å². The van der Waals surface area contributed by atoms with E-state index in [0.29, 0.717) is 27.6 Å². The first kappa shape index (κ1) is 21.3. The normalized spacial score (nSPS) is 11.2. The Morgan fingerprint density at radius 3 is 2.62 bits per heavy atom. The highest BCUT2D eigenvalue weighted by Crippen LogP contribution is 2.28. The standard InChI is InChI=1S/C19H19F2N3O3S2/c1-4-24-17(26)15-10(2)11(3)29-16(15)23-19(24)28-9-14(25)22-12-5-7-13(8-6-12)27-18(20)21/h5-8,18H,4,9H2,1-3H3,(H,22,25). The minimum atomic E-state index is -2.90. The summed E-state index contributed by atoms with van der Waals surface area (Å²) in [5.41, 5.74) is 1.30. The Hall–Kier alpha value is -2.46. The molecule has 154 valence electrons. The summed E-state index contributed by atoms with van der Waals surface area (Å²) in [6, 6.07) is 5.65. The van der Waals surface area contributed by atoms with E-state index in [4.69, 9.17) is 0 Å². The van der Waals surface area contributed by atoms with Crippen LogP contribution in [0.1, 0.15) is 17.4 Å². The van der Waals surface area contributed by atoms with E-state index in [9.17, 15) is 18.4 Å². The molecule has 0 radical (unpaired) electrons. The van der Waals surface area contributed by atoms with Crippen LogP contribution < -0.4 is 15.6 Å². The fourth-order valence-electron chi connectivity index (χ4n) is 2.74. The summed E-state index contributed by atoms with van der Waals surface area (Å²) in [6.45, 7) is 3.27. The molecule has 0 bridgehead atoms. The molecule has 0 unspecified atom stereocenters. The lowest BCUT2D eigenvalue weighted by molar-refractivity contribution is -0.113. The minimum absolute atomic E-state index is 0.0124. The van der Waals surface area contributed by atoms with Gasteiger partial charge in [0.2, 0.25) is 5.91 Å². The van der Waals surface area contributed by atoms with Gasteiger partial charge < -0.3 is 10.1 Å². The summed E-state index contributed by atoms with van der Waals surface area (Å²) in [6.07, 6.45) is 0. The molecule has 2 aromatic heterocycles. The first-order chi connectivity index (χ1) is 13.8. The van der Waals surface area contributed by atoms with Gasteiger partial charge in [0.1, 0.15) is 10.6 Å². The van der Waals surface area contributed by atoms with Crippen LogP contribution in [0.5, 0.6) is 5.75 Å². The summed E-state index contributed by atoms with van der Waals surface area (Å²) >= 11 is 2.64. The predicted octanol–water partition coefficient (Wildman–Crippen LogP) is 4.43.